The first-order valence-corrected chi connectivity index (χ1v) is 9.05. The molecule has 0 saturated carbocycles. The van der Waals surface area contributed by atoms with Crippen molar-refractivity contribution in [2.24, 2.45) is 5.73 Å². The lowest BCUT2D eigenvalue weighted by atomic mass is 10.0. The molecule has 0 amide bonds. The third-order valence-corrected chi connectivity index (χ3v) is 4.83. The summed E-state index contributed by atoms with van der Waals surface area (Å²) in [6, 6.07) is 3.22. The van der Waals surface area contributed by atoms with Gasteiger partial charge in [0, 0.05) is 18.3 Å². The maximum Gasteiger partial charge on any atom is 0.168 e. The molecule has 4 heterocycles. The number of anilines is 1. The smallest absolute Gasteiger partial charge is 0.168 e. The lowest BCUT2D eigenvalue weighted by molar-refractivity contribution is 0.101. The average molecular weight is 378 g/mol. The lowest BCUT2D eigenvalue weighted by Gasteiger charge is -2.26. The molecule has 0 aliphatic carbocycles. The van der Waals surface area contributed by atoms with E-state index in [-0.39, 0.29) is 18.4 Å². The van der Waals surface area contributed by atoms with Crippen LogP contribution in [0.3, 0.4) is 0 Å². The largest absolute Gasteiger partial charge is 0.349 e. The van der Waals surface area contributed by atoms with E-state index in [2.05, 4.69) is 31.8 Å². The molecule has 28 heavy (non-hydrogen) atoms. The Bertz CT molecular complexity index is 1110. The summed E-state index contributed by atoms with van der Waals surface area (Å²) in [5, 5.41) is 4.17. The van der Waals surface area contributed by atoms with E-state index in [1.807, 2.05) is 6.07 Å². The monoisotopic (exact) mass is 378 g/mol. The van der Waals surface area contributed by atoms with Crippen molar-refractivity contribution in [1.29, 1.82) is 0 Å². The molecule has 4 rings (SSSR count). The average Bonchev–Trinajstić information content (AvgIpc) is 3.33. The highest BCUT2D eigenvalue weighted by atomic mass is 19.1. The second-order valence-electron chi connectivity index (χ2n) is 6.62. The molecular weight excluding hydrogens is 359 g/mol. The topological polar surface area (TPSA) is 89.4 Å². The molecule has 0 unspecified atom stereocenters. The molecule has 142 valence electrons. The second kappa shape index (κ2) is 7.37. The molecule has 1 aliphatic heterocycles. The Morgan fingerprint density at radius 3 is 3.07 bits per heavy atom. The number of hydrogen-bond acceptors (Lipinski definition) is 6. The Morgan fingerprint density at radius 1 is 1.43 bits per heavy atom. The van der Waals surface area contributed by atoms with Crippen molar-refractivity contribution in [2.45, 2.75) is 25.8 Å². The maximum atomic E-state index is 13.9. The fourth-order valence-electron chi connectivity index (χ4n) is 3.58. The highest BCUT2D eigenvalue weighted by Gasteiger charge is 2.30. The van der Waals surface area contributed by atoms with E-state index >= 15 is 0 Å². The Hall–Kier alpha value is -3.31. The molecule has 0 bridgehead atoms. The summed E-state index contributed by atoms with van der Waals surface area (Å²) in [5.41, 5.74) is 7.71. The Labute approximate surface area is 161 Å². The minimum Gasteiger partial charge on any atom is -0.349 e. The number of halogens is 1. The van der Waals surface area contributed by atoms with E-state index in [1.54, 1.807) is 10.7 Å². The van der Waals surface area contributed by atoms with Gasteiger partial charge in [0.05, 0.1) is 30.5 Å². The number of nitrogens with two attached hydrogens (primary N) is 1. The summed E-state index contributed by atoms with van der Waals surface area (Å²) in [5.74, 6) is 5.95. The number of nitrogens with zero attached hydrogens (tertiary/aromatic N) is 5. The third-order valence-electron chi connectivity index (χ3n) is 4.83. The first kappa shape index (κ1) is 18.1. The number of aromatic nitrogens is 4. The van der Waals surface area contributed by atoms with Gasteiger partial charge in [0.1, 0.15) is 17.3 Å². The minimum atomic E-state index is -0.404. The number of pyridine rings is 1. The van der Waals surface area contributed by atoms with Crippen LogP contribution < -0.4 is 10.6 Å². The molecule has 1 fully saturated rings. The van der Waals surface area contributed by atoms with E-state index < -0.39 is 5.82 Å². The predicted octanol–water partition coefficient (Wildman–Crippen LogP) is 2.12. The van der Waals surface area contributed by atoms with Crippen LogP contribution in [0.15, 0.2) is 30.7 Å². The van der Waals surface area contributed by atoms with Gasteiger partial charge in [0.15, 0.2) is 11.4 Å². The third kappa shape index (κ3) is 3.21. The molecule has 2 N–H and O–H groups in total. The van der Waals surface area contributed by atoms with Crippen LogP contribution >= 0.6 is 0 Å². The highest BCUT2D eigenvalue weighted by Crippen LogP contribution is 2.36. The number of carbonyl (C=O) groups excluding carboxylic acids is 1. The van der Waals surface area contributed by atoms with Gasteiger partial charge in [-0.1, -0.05) is 5.92 Å². The van der Waals surface area contributed by atoms with E-state index in [0.29, 0.717) is 22.7 Å². The maximum absolute atomic E-state index is 13.9. The number of Topliss-reactive ketones (excluding diaryl/α,β-unsaturated/α-hetero) is 1. The SMILES string of the molecule is CC(=O)c1cnn2ccc(N3CCC[C@@H]3c3cc(F)cnc3C#CCN)nc12. The first-order valence-electron chi connectivity index (χ1n) is 9.05. The normalized spacial score (nSPS) is 16.2. The molecule has 0 radical (unpaired) electrons. The standard InChI is InChI=1S/C20H19FN6O/c1-13(28)16-12-24-27-9-6-19(25-20(16)27)26-8-3-5-18(26)15-10-14(21)11-23-17(15)4-2-7-22/h6,9-12,18H,3,5,7-8,22H2,1H3/t18-/m1/s1. The van der Waals surface area contributed by atoms with Crippen LogP contribution in [-0.4, -0.2) is 38.5 Å². The van der Waals surface area contributed by atoms with Gasteiger partial charge in [-0.05, 0) is 37.8 Å². The Balaban J connectivity index is 1.77. The van der Waals surface area contributed by atoms with Crippen LogP contribution in [-0.2, 0) is 0 Å². The number of rotatable bonds is 3. The van der Waals surface area contributed by atoms with Crippen LogP contribution in [0.25, 0.3) is 5.65 Å². The number of fused-ring (bicyclic) bond motifs is 1. The summed E-state index contributed by atoms with van der Waals surface area (Å²) >= 11 is 0. The van der Waals surface area contributed by atoms with E-state index in [4.69, 9.17) is 5.73 Å². The summed E-state index contributed by atoms with van der Waals surface area (Å²) in [4.78, 5) is 22.8. The van der Waals surface area contributed by atoms with Crippen molar-refractivity contribution in [3.05, 3.63) is 53.4 Å². The number of ketones is 1. The van der Waals surface area contributed by atoms with Crippen LogP contribution in [0.1, 0.15) is 47.4 Å². The predicted molar refractivity (Wildman–Crippen MR) is 102 cm³/mol. The van der Waals surface area contributed by atoms with Gasteiger partial charge in [-0.25, -0.2) is 18.9 Å². The molecule has 8 heteroatoms. The molecule has 1 saturated heterocycles. The molecule has 1 atom stereocenters. The van der Waals surface area contributed by atoms with Gasteiger partial charge in [0.25, 0.3) is 0 Å². The van der Waals surface area contributed by atoms with Gasteiger partial charge >= 0.3 is 0 Å². The molecule has 7 nitrogen and oxygen atoms in total. The van der Waals surface area contributed by atoms with E-state index in [0.717, 1.165) is 24.9 Å². The van der Waals surface area contributed by atoms with Crippen molar-refractivity contribution < 1.29 is 9.18 Å². The van der Waals surface area contributed by atoms with Crippen molar-refractivity contribution >= 4 is 17.2 Å². The summed E-state index contributed by atoms with van der Waals surface area (Å²) in [6.07, 6.45) is 6.22. The van der Waals surface area contributed by atoms with Crippen molar-refractivity contribution in [1.82, 2.24) is 19.6 Å². The first-order chi connectivity index (χ1) is 13.6. The summed E-state index contributed by atoms with van der Waals surface area (Å²) in [7, 11) is 0. The zero-order chi connectivity index (χ0) is 19.7. The second-order valence-corrected chi connectivity index (χ2v) is 6.62. The lowest BCUT2D eigenvalue weighted by Crippen LogP contribution is -2.25. The summed E-state index contributed by atoms with van der Waals surface area (Å²) in [6.45, 7) is 2.46. The van der Waals surface area contributed by atoms with Gasteiger partial charge in [-0.2, -0.15) is 5.10 Å². The Kier molecular flexibility index (Phi) is 4.75. The van der Waals surface area contributed by atoms with Gasteiger partial charge < -0.3 is 10.6 Å². The van der Waals surface area contributed by atoms with Crippen molar-refractivity contribution in [3.63, 3.8) is 0 Å². The number of carbonyl (C=O) groups is 1. The Morgan fingerprint density at radius 2 is 2.29 bits per heavy atom. The van der Waals surface area contributed by atoms with Crippen molar-refractivity contribution in [2.75, 3.05) is 18.0 Å². The van der Waals surface area contributed by atoms with Gasteiger partial charge in [-0.15, -0.1) is 0 Å². The molecule has 3 aromatic rings. The molecule has 0 aromatic carbocycles. The van der Waals surface area contributed by atoms with Crippen molar-refractivity contribution in [3.8, 4) is 11.8 Å². The van der Waals surface area contributed by atoms with Crippen LogP contribution in [0.4, 0.5) is 10.2 Å². The molecule has 3 aromatic heterocycles. The fourth-order valence-corrected chi connectivity index (χ4v) is 3.58. The highest BCUT2D eigenvalue weighted by molar-refractivity contribution is 5.99. The van der Waals surface area contributed by atoms with Gasteiger partial charge in [-0.3, -0.25) is 4.79 Å². The summed E-state index contributed by atoms with van der Waals surface area (Å²) < 4.78 is 15.5. The van der Waals surface area contributed by atoms with Crippen LogP contribution in [0, 0.1) is 17.7 Å². The molecular formula is C20H19FN6O. The van der Waals surface area contributed by atoms with Gasteiger partial charge in [0.2, 0.25) is 0 Å². The quantitative estimate of drug-likeness (QED) is 0.555. The fraction of sp³-hybridized carbons (Fsp3) is 0.300. The number of hydrogen-bond donors (Lipinski definition) is 1. The molecule has 1 aliphatic rings. The zero-order valence-corrected chi connectivity index (χ0v) is 15.4. The zero-order valence-electron chi connectivity index (χ0n) is 15.4. The van der Waals surface area contributed by atoms with Crippen LogP contribution in [0.2, 0.25) is 0 Å². The van der Waals surface area contributed by atoms with Crippen LogP contribution in [0.5, 0.6) is 0 Å². The minimum absolute atomic E-state index is 0.0914. The molecule has 0 spiro atoms. The van der Waals surface area contributed by atoms with E-state index in [1.165, 1.54) is 25.4 Å². The van der Waals surface area contributed by atoms with E-state index in [9.17, 15) is 9.18 Å².